The standard InChI is InChI=1S/C9H13N3O/c1-6-3-7(6)12-8-4-9(13-2)11-5-10-8/h4-7H,3H2,1-2H3,(H,10,11,12)/t6-,7-/m1/s1. The summed E-state index contributed by atoms with van der Waals surface area (Å²) in [5.74, 6) is 2.22. The molecule has 1 N–H and O–H groups in total. The summed E-state index contributed by atoms with van der Waals surface area (Å²) in [6.45, 7) is 2.22. The molecule has 0 saturated heterocycles. The molecule has 1 saturated carbocycles. The molecule has 0 spiro atoms. The van der Waals surface area contributed by atoms with E-state index in [9.17, 15) is 0 Å². The fourth-order valence-corrected chi connectivity index (χ4v) is 1.24. The number of methoxy groups -OCH3 is 1. The van der Waals surface area contributed by atoms with E-state index in [0.29, 0.717) is 11.9 Å². The average molecular weight is 179 g/mol. The normalized spacial score (nSPS) is 25.4. The number of nitrogens with one attached hydrogen (secondary N) is 1. The van der Waals surface area contributed by atoms with Crippen LogP contribution in [0.2, 0.25) is 0 Å². The Morgan fingerprint density at radius 2 is 2.31 bits per heavy atom. The molecule has 0 radical (unpaired) electrons. The summed E-state index contributed by atoms with van der Waals surface area (Å²) in [7, 11) is 1.60. The first-order valence-corrected chi connectivity index (χ1v) is 4.42. The maximum Gasteiger partial charge on any atom is 0.218 e. The van der Waals surface area contributed by atoms with Crippen LogP contribution in [0.3, 0.4) is 0 Å². The molecule has 0 aliphatic heterocycles. The Morgan fingerprint density at radius 3 is 2.92 bits per heavy atom. The van der Waals surface area contributed by atoms with Crippen molar-refractivity contribution in [2.45, 2.75) is 19.4 Å². The molecule has 4 nitrogen and oxygen atoms in total. The van der Waals surface area contributed by atoms with E-state index in [4.69, 9.17) is 4.74 Å². The summed E-state index contributed by atoms with van der Waals surface area (Å²) in [6.07, 6.45) is 2.74. The van der Waals surface area contributed by atoms with Crippen LogP contribution in [0.25, 0.3) is 0 Å². The van der Waals surface area contributed by atoms with Crippen LogP contribution in [0.5, 0.6) is 5.88 Å². The van der Waals surface area contributed by atoms with Crippen molar-refractivity contribution in [1.29, 1.82) is 0 Å². The SMILES string of the molecule is COc1cc(N[C@@H]2C[C@H]2C)ncn1. The van der Waals surface area contributed by atoms with Crippen molar-refractivity contribution in [2.24, 2.45) is 5.92 Å². The number of nitrogens with zero attached hydrogens (tertiary/aromatic N) is 2. The fourth-order valence-electron chi connectivity index (χ4n) is 1.24. The van der Waals surface area contributed by atoms with Crippen molar-refractivity contribution in [2.75, 3.05) is 12.4 Å². The molecular weight excluding hydrogens is 166 g/mol. The van der Waals surface area contributed by atoms with Crippen LogP contribution in [0, 0.1) is 5.92 Å². The van der Waals surface area contributed by atoms with Crippen molar-refractivity contribution in [3.8, 4) is 5.88 Å². The predicted molar refractivity (Wildman–Crippen MR) is 49.8 cm³/mol. The Hall–Kier alpha value is -1.32. The van der Waals surface area contributed by atoms with E-state index in [1.165, 1.54) is 12.7 Å². The minimum atomic E-state index is 0.583. The molecule has 0 aromatic carbocycles. The predicted octanol–water partition coefficient (Wildman–Crippen LogP) is 1.31. The van der Waals surface area contributed by atoms with E-state index in [1.54, 1.807) is 7.11 Å². The second kappa shape index (κ2) is 3.20. The summed E-state index contributed by atoms with van der Waals surface area (Å²) in [5, 5.41) is 3.31. The highest BCUT2D eigenvalue weighted by Crippen LogP contribution is 2.32. The number of anilines is 1. The molecule has 2 atom stereocenters. The lowest BCUT2D eigenvalue weighted by Crippen LogP contribution is -2.05. The first-order valence-electron chi connectivity index (χ1n) is 4.42. The molecule has 4 heteroatoms. The Balaban J connectivity index is 2.03. The monoisotopic (exact) mass is 179 g/mol. The van der Waals surface area contributed by atoms with Gasteiger partial charge in [-0.3, -0.25) is 0 Å². The summed E-state index contributed by atoms with van der Waals surface area (Å²) in [6, 6.07) is 2.39. The quantitative estimate of drug-likeness (QED) is 0.759. The van der Waals surface area contributed by atoms with Crippen molar-refractivity contribution in [3.05, 3.63) is 12.4 Å². The zero-order chi connectivity index (χ0) is 9.26. The maximum absolute atomic E-state index is 4.99. The molecule has 2 rings (SSSR count). The number of hydrogen-bond acceptors (Lipinski definition) is 4. The number of rotatable bonds is 3. The highest BCUT2D eigenvalue weighted by molar-refractivity contribution is 5.39. The van der Waals surface area contributed by atoms with Gasteiger partial charge in [-0.25, -0.2) is 9.97 Å². The van der Waals surface area contributed by atoms with Gasteiger partial charge in [0.1, 0.15) is 12.1 Å². The third-order valence-electron chi connectivity index (χ3n) is 2.29. The lowest BCUT2D eigenvalue weighted by atomic mass is 10.4. The molecule has 1 aromatic rings. The van der Waals surface area contributed by atoms with Gasteiger partial charge in [0, 0.05) is 12.1 Å². The Morgan fingerprint density at radius 1 is 1.54 bits per heavy atom. The second-order valence-corrected chi connectivity index (χ2v) is 3.41. The lowest BCUT2D eigenvalue weighted by Gasteiger charge is -2.04. The van der Waals surface area contributed by atoms with Crippen LogP contribution >= 0.6 is 0 Å². The topological polar surface area (TPSA) is 47.0 Å². The van der Waals surface area contributed by atoms with Crippen molar-refractivity contribution in [1.82, 2.24) is 9.97 Å². The summed E-state index contributed by atoms with van der Waals surface area (Å²) in [4.78, 5) is 8.03. The van der Waals surface area contributed by atoms with Crippen molar-refractivity contribution in [3.63, 3.8) is 0 Å². The van der Waals surface area contributed by atoms with E-state index in [0.717, 1.165) is 11.7 Å². The van der Waals surface area contributed by atoms with Crippen LogP contribution in [-0.4, -0.2) is 23.1 Å². The van der Waals surface area contributed by atoms with Crippen LogP contribution < -0.4 is 10.1 Å². The second-order valence-electron chi connectivity index (χ2n) is 3.41. The van der Waals surface area contributed by atoms with Gasteiger partial charge in [-0.1, -0.05) is 6.92 Å². The molecule has 0 unspecified atom stereocenters. The van der Waals surface area contributed by atoms with E-state index >= 15 is 0 Å². The van der Waals surface area contributed by atoms with E-state index < -0.39 is 0 Å². The largest absolute Gasteiger partial charge is 0.481 e. The van der Waals surface area contributed by atoms with Gasteiger partial charge in [0.05, 0.1) is 7.11 Å². The van der Waals surface area contributed by atoms with Crippen LogP contribution in [0.4, 0.5) is 5.82 Å². The van der Waals surface area contributed by atoms with Gasteiger partial charge in [0.2, 0.25) is 5.88 Å². The van der Waals surface area contributed by atoms with Gasteiger partial charge < -0.3 is 10.1 Å². The van der Waals surface area contributed by atoms with Gasteiger partial charge in [0.15, 0.2) is 0 Å². The zero-order valence-corrected chi connectivity index (χ0v) is 7.82. The molecule has 1 aromatic heterocycles. The number of ether oxygens (including phenoxy) is 1. The van der Waals surface area contributed by atoms with Gasteiger partial charge >= 0.3 is 0 Å². The lowest BCUT2D eigenvalue weighted by molar-refractivity contribution is 0.397. The van der Waals surface area contributed by atoms with E-state index in [-0.39, 0.29) is 0 Å². The fraction of sp³-hybridized carbons (Fsp3) is 0.556. The third kappa shape index (κ3) is 1.88. The van der Waals surface area contributed by atoms with Gasteiger partial charge in [-0.05, 0) is 12.3 Å². The average Bonchev–Trinajstić information content (AvgIpc) is 2.82. The number of aromatic nitrogens is 2. The molecular formula is C9H13N3O. The van der Waals surface area contributed by atoms with Gasteiger partial charge in [-0.15, -0.1) is 0 Å². The molecule has 13 heavy (non-hydrogen) atoms. The van der Waals surface area contributed by atoms with Gasteiger partial charge in [-0.2, -0.15) is 0 Å². The van der Waals surface area contributed by atoms with Crippen LogP contribution in [-0.2, 0) is 0 Å². The van der Waals surface area contributed by atoms with Crippen molar-refractivity contribution >= 4 is 5.82 Å². The molecule has 1 aliphatic rings. The minimum absolute atomic E-state index is 0.583. The molecule has 1 aliphatic carbocycles. The molecule has 0 bridgehead atoms. The number of hydrogen-bond donors (Lipinski definition) is 1. The Bertz CT molecular complexity index is 303. The highest BCUT2D eigenvalue weighted by atomic mass is 16.5. The smallest absolute Gasteiger partial charge is 0.218 e. The van der Waals surface area contributed by atoms with Crippen LogP contribution in [0.1, 0.15) is 13.3 Å². The third-order valence-corrected chi connectivity index (χ3v) is 2.29. The van der Waals surface area contributed by atoms with Crippen molar-refractivity contribution < 1.29 is 4.74 Å². The summed E-state index contributed by atoms with van der Waals surface area (Å²) < 4.78 is 4.99. The summed E-state index contributed by atoms with van der Waals surface area (Å²) >= 11 is 0. The van der Waals surface area contributed by atoms with E-state index in [2.05, 4.69) is 22.2 Å². The Kier molecular flexibility index (Phi) is 2.04. The van der Waals surface area contributed by atoms with Crippen LogP contribution in [0.15, 0.2) is 12.4 Å². The Labute approximate surface area is 77.4 Å². The minimum Gasteiger partial charge on any atom is -0.481 e. The maximum atomic E-state index is 4.99. The van der Waals surface area contributed by atoms with Gasteiger partial charge in [0.25, 0.3) is 0 Å². The summed E-state index contributed by atoms with van der Waals surface area (Å²) in [5.41, 5.74) is 0. The highest BCUT2D eigenvalue weighted by Gasteiger charge is 2.32. The molecule has 1 fully saturated rings. The zero-order valence-electron chi connectivity index (χ0n) is 7.82. The molecule has 0 amide bonds. The van der Waals surface area contributed by atoms with E-state index in [1.807, 2.05) is 6.07 Å². The molecule has 70 valence electrons. The molecule has 1 heterocycles. The first kappa shape index (κ1) is 8.29. The first-order chi connectivity index (χ1) is 6.29.